The molecule has 0 saturated heterocycles. The monoisotopic (exact) mass is 303 g/mol. The van der Waals surface area contributed by atoms with E-state index in [2.05, 4.69) is 5.32 Å². The summed E-state index contributed by atoms with van der Waals surface area (Å²) in [5, 5.41) is 3.27. The van der Waals surface area contributed by atoms with Gasteiger partial charge in [0.05, 0.1) is 11.6 Å². The summed E-state index contributed by atoms with van der Waals surface area (Å²) in [5.41, 5.74) is 1.03. The Morgan fingerprint density at radius 3 is 2.52 bits per heavy atom. The minimum absolute atomic E-state index is 0.213. The van der Waals surface area contributed by atoms with Gasteiger partial charge in [-0.2, -0.15) is 0 Å². The van der Waals surface area contributed by atoms with Crippen LogP contribution in [-0.4, -0.2) is 25.3 Å². The van der Waals surface area contributed by atoms with Crippen LogP contribution in [0.3, 0.4) is 0 Å². The van der Waals surface area contributed by atoms with Crippen molar-refractivity contribution in [2.75, 3.05) is 13.2 Å². The summed E-state index contributed by atoms with van der Waals surface area (Å²) < 4.78 is 5.47. The van der Waals surface area contributed by atoms with E-state index in [1.54, 1.807) is 36.4 Å². The first kappa shape index (κ1) is 15.1. The molecule has 0 aliphatic carbocycles. The Kier molecular flexibility index (Phi) is 5.35. The molecule has 2 aromatic rings. The van der Waals surface area contributed by atoms with E-state index in [0.717, 1.165) is 6.29 Å². The Hall–Kier alpha value is -2.33. The minimum atomic E-state index is -0.213. The van der Waals surface area contributed by atoms with Gasteiger partial charge in [0.2, 0.25) is 0 Å². The molecule has 1 N–H and O–H groups in total. The number of hydrogen-bond acceptors (Lipinski definition) is 3. The van der Waals surface area contributed by atoms with Crippen LogP contribution in [0, 0.1) is 0 Å². The zero-order chi connectivity index (χ0) is 15.1. The van der Waals surface area contributed by atoms with Crippen LogP contribution in [-0.2, 0) is 0 Å². The number of hydrogen-bond donors (Lipinski definition) is 1. The Morgan fingerprint density at radius 1 is 1.14 bits per heavy atom. The van der Waals surface area contributed by atoms with Crippen LogP contribution in [0.25, 0.3) is 0 Å². The van der Waals surface area contributed by atoms with Crippen LogP contribution < -0.4 is 10.1 Å². The van der Waals surface area contributed by atoms with Crippen LogP contribution in [0.1, 0.15) is 20.7 Å². The van der Waals surface area contributed by atoms with E-state index < -0.39 is 0 Å². The number of ether oxygens (including phenoxy) is 1. The highest BCUT2D eigenvalue weighted by Crippen LogP contribution is 2.22. The second-order valence-corrected chi connectivity index (χ2v) is 4.68. The second kappa shape index (κ2) is 7.45. The Bertz CT molecular complexity index is 626. The number of aldehydes is 1. The van der Waals surface area contributed by atoms with Crippen LogP contribution in [0.5, 0.6) is 5.75 Å². The molecule has 0 heterocycles. The van der Waals surface area contributed by atoms with E-state index >= 15 is 0 Å². The van der Waals surface area contributed by atoms with E-state index in [0.29, 0.717) is 35.1 Å². The highest BCUT2D eigenvalue weighted by Gasteiger charge is 2.05. The maximum atomic E-state index is 11.8. The van der Waals surface area contributed by atoms with Gasteiger partial charge in [0.1, 0.15) is 18.6 Å². The maximum Gasteiger partial charge on any atom is 0.251 e. The fourth-order valence-electron chi connectivity index (χ4n) is 1.70. The van der Waals surface area contributed by atoms with Crippen LogP contribution in [0.15, 0.2) is 48.5 Å². The van der Waals surface area contributed by atoms with Crippen molar-refractivity contribution < 1.29 is 14.3 Å². The maximum absolute atomic E-state index is 11.8. The highest BCUT2D eigenvalue weighted by atomic mass is 35.5. The lowest BCUT2D eigenvalue weighted by Crippen LogP contribution is -2.28. The molecule has 2 aromatic carbocycles. The molecule has 108 valence electrons. The Balaban J connectivity index is 1.79. The van der Waals surface area contributed by atoms with Crippen molar-refractivity contribution in [2.24, 2.45) is 0 Å². The number of carbonyl (C=O) groups excluding carboxylic acids is 2. The molecular weight excluding hydrogens is 290 g/mol. The summed E-state index contributed by atoms with van der Waals surface area (Å²) in [7, 11) is 0. The zero-order valence-electron chi connectivity index (χ0n) is 11.2. The number of benzene rings is 2. The van der Waals surface area contributed by atoms with E-state index in [-0.39, 0.29) is 5.91 Å². The van der Waals surface area contributed by atoms with Crippen LogP contribution >= 0.6 is 11.6 Å². The van der Waals surface area contributed by atoms with Gasteiger partial charge >= 0.3 is 0 Å². The summed E-state index contributed by atoms with van der Waals surface area (Å²) in [4.78, 5) is 22.4. The third-order valence-corrected chi connectivity index (χ3v) is 3.10. The van der Waals surface area contributed by atoms with Gasteiger partial charge in [-0.25, -0.2) is 0 Å². The molecule has 0 fully saturated rings. The minimum Gasteiger partial charge on any atom is -0.490 e. The van der Waals surface area contributed by atoms with Gasteiger partial charge in [-0.3, -0.25) is 9.59 Å². The zero-order valence-corrected chi connectivity index (χ0v) is 12.0. The molecule has 2 rings (SSSR count). The van der Waals surface area contributed by atoms with Gasteiger partial charge < -0.3 is 10.1 Å². The molecule has 0 aliphatic rings. The lowest BCUT2D eigenvalue weighted by atomic mass is 10.1. The smallest absolute Gasteiger partial charge is 0.251 e. The first-order valence-corrected chi connectivity index (χ1v) is 6.79. The SMILES string of the molecule is O=Cc1ccc(C(=O)NCCOc2ccccc2Cl)cc1. The summed E-state index contributed by atoms with van der Waals surface area (Å²) in [6, 6.07) is 13.6. The standard InChI is InChI=1S/C16H14ClNO3/c17-14-3-1-2-4-15(14)21-10-9-18-16(20)13-7-5-12(11-19)6-8-13/h1-8,11H,9-10H2,(H,18,20). The molecule has 0 spiro atoms. The Morgan fingerprint density at radius 2 is 1.86 bits per heavy atom. The van der Waals surface area contributed by atoms with Crippen molar-refractivity contribution in [3.63, 3.8) is 0 Å². The molecule has 0 unspecified atom stereocenters. The topological polar surface area (TPSA) is 55.4 Å². The van der Waals surface area contributed by atoms with Gasteiger partial charge in [0.25, 0.3) is 5.91 Å². The van der Waals surface area contributed by atoms with E-state index in [1.807, 2.05) is 12.1 Å². The molecule has 0 radical (unpaired) electrons. The number of carbonyl (C=O) groups is 2. The molecule has 5 heteroatoms. The van der Waals surface area contributed by atoms with E-state index in [9.17, 15) is 9.59 Å². The summed E-state index contributed by atoms with van der Waals surface area (Å²) >= 11 is 5.95. The molecule has 21 heavy (non-hydrogen) atoms. The van der Waals surface area contributed by atoms with Crippen LogP contribution in [0.4, 0.5) is 0 Å². The molecule has 4 nitrogen and oxygen atoms in total. The number of para-hydroxylation sites is 1. The number of rotatable bonds is 6. The molecular formula is C16H14ClNO3. The summed E-state index contributed by atoms with van der Waals surface area (Å²) in [5.74, 6) is 0.374. The van der Waals surface area contributed by atoms with Gasteiger partial charge in [-0.15, -0.1) is 0 Å². The molecule has 0 aliphatic heterocycles. The van der Waals surface area contributed by atoms with Crippen molar-refractivity contribution >= 4 is 23.8 Å². The quantitative estimate of drug-likeness (QED) is 0.659. The largest absolute Gasteiger partial charge is 0.490 e. The van der Waals surface area contributed by atoms with E-state index in [4.69, 9.17) is 16.3 Å². The van der Waals surface area contributed by atoms with Crippen molar-refractivity contribution in [1.29, 1.82) is 0 Å². The molecule has 0 bridgehead atoms. The van der Waals surface area contributed by atoms with Gasteiger partial charge in [-0.05, 0) is 24.3 Å². The summed E-state index contributed by atoms with van der Waals surface area (Å²) in [6.45, 7) is 0.682. The molecule has 0 saturated carbocycles. The number of nitrogens with one attached hydrogen (secondary N) is 1. The van der Waals surface area contributed by atoms with E-state index in [1.165, 1.54) is 0 Å². The fourth-order valence-corrected chi connectivity index (χ4v) is 1.89. The fraction of sp³-hybridized carbons (Fsp3) is 0.125. The predicted octanol–water partition coefficient (Wildman–Crippen LogP) is 2.96. The third kappa shape index (κ3) is 4.33. The average Bonchev–Trinajstić information content (AvgIpc) is 2.53. The first-order valence-electron chi connectivity index (χ1n) is 6.41. The Labute approximate surface area is 127 Å². The third-order valence-electron chi connectivity index (χ3n) is 2.79. The first-order chi connectivity index (χ1) is 10.2. The predicted molar refractivity (Wildman–Crippen MR) is 81.1 cm³/mol. The van der Waals surface area contributed by atoms with Gasteiger partial charge in [0, 0.05) is 11.1 Å². The molecule has 0 aromatic heterocycles. The van der Waals surface area contributed by atoms with Gasteiger partial charge in [-0.1, -0.05) is 35.9 Å². The van der Waals surface area contributed by atoms with Crippen molar-refractivity contribution in [3.05, 3.63) is 64.7 Å². The molecule has 0 atom stereocenters. The average molecular weight is 304 g/mol. The number of amides is 1. The number of halogens is 1. The summed E-state index contributed by atoms with van der Waals surface area (Å²) in [6.07, 6.45) is 0.735. The normalized spacial score (nSPS) is 9.95. The van der Waals surface area contributed by atoms with Crippen molar-refractivity contribution in [2.45, 2.75) is 0 Å². The van der Waals surface area contributed by atoms with Crippen molar-refractivity contribution in [3.8, 4) is 5.75 Å². The highest BCUT2D eigenvalue weighted by molar-refractivity contribution is 6.32. The molecule has 1 amide bonds. The van der Waals surface area contributed by atoms with Gasteiger partial charge in [0.15, 0.2) is 0 Å². The lowest BCUT2D eigenvalue weighted by Gasteiger charge is -2.09. The van der Waals surface area contributed by atoms with Crippen molar-refractivity contribution in [1.82, 2.24) is 5.32 Å². The lowest BCUT2D eigenvalue weighted by molar-refractivity contribution is 0.0946. The van der Waals surface area contributed by atoms with Crippen LogP contribution in [0.2, 0.25) is 5.02 Å². The second-order valence-electron chi connectivity index (χ2n) is 4.27.